The summed E-state index contributed by atoms with van der Waals surface area (Å²) in [5.41, 5.74) is 3.24. The first-order valence-corrected chi connectivity index (χ1v) is 21.8. The van der Waals surface area contributed by atoms with E-state index >= 15 is 0 Å². The second-order valence-corrected chi connectivity index (χ2v) is 20.9. The Kier molecular flexibility index (Phi) is 12.0. The van der Waals surface area contributed by atoms with Crippen molar-refractivity contribution in [2.75, 3.05) is 43.0 Å². The van der Waals surface area contributed by atoms with Gasteiger partial charge in [0.05, 0.1) is 12.0 Å². The van der Waals surface area contributed by atoms with Gasteiger partial charge in [-0.3, -0.25) is 9.69 Å². The largest absolute Gasteiger partial charge is 0.466 e. The van der Waals surface area contributed by atoms with Gasteiger partial charge in [-0.15, -0.1) is 0 Å². The van der Waals surface area contributed by atoms with Crippen LogP contribution in [0.3, 0.4) is 0 Å². The summed E-state index contributed by atoms with van der Waals surface area (Å²) < 4.78 is 13.3. The fourth-order valence-electron chi connectivity index (χ4n) is 9.48. The number of piperidine rings is 1. The third kappa shape index (κ3) is 8.11. The number of esters is 1. The third-order valence-corrected chi connectivity index (χ3v) is 17.5. The summed E-state index contributed by atoms with van der Waals surface area (Å²) in [6.07, 6.45) is 9.31. The molecule has 1 N–H and O–H groups in total. The van der Waals surface area contributed by atoms with E-state index in [1.807, 2.05) is 6.92 Å². The number of rotatable bonds is 12. The highest BCUT2D eigenvalue weighted by Gasteiger charge is 2.53. The van der Waals surface area contributed by atoms with Crippen LogP contribution in [0.4, 0.5) is 11.4 Å². The van der Waals surface area contributed by atoms with Crippen molar-refractivity contribution in [3.05, 3.63) is 84.4 Å². The molecular formula is C44H63N3O3Si. The number of nitrogens with zero attached hydrogens (tertiary/aromatic N) is 2. The van der Waals surface area contributed by atoms with Crippen molar-refractivity contribution in [3.63, 3.8) is 0 Å². The summed E-state index contributed by atoms with van der Waals surface area (Å²) >= 11 is 0. The van der Waals surface area contributed by atoms with Gasteiger partial charge in [-0.1, -0.05) is 81.4 Å². The lowest BCUT2D eigenvalue weighted by Crippen LogP contribution is -2.68. The van der Waals surface area contributed by atoms with Crippen molar-refractivity contribution in [1.82, 2.24) is 4.90 Å². The van der Waals surface area contributed by atoms with Gasteiger partial charge in [0, 0.05) is 49.2 Å². The van der Waals surface area contributed by atoms with E-state index in [0.29, 0.717) is 6.61 Å². The smallest absolute Gasteiger partial charge is 0.312 e. The molecular weight excluding hydrogens is 647 g/mol. The third-order valence-electron chi connectivity index (χ3n) is 12.4. The summed E-state index contributed by atoms with van der Waals surface area (Å²) in [6, 6.07) is 30.1. The van der Waals surface area contributed by atoms with Gasteiger partial charge in [0.2, 0.25) is 0 Å². The van der Waals surface area contributed by atoms with Gasteiger partial charge in [-0.2, -0.15) is 0 Å². The normalized spacial score (nSPS) is 23.7. The molecule has 0 bridgehead atoms. The van der Waals surface area contributed by atoms with E-state index in [1.54, 1.807) is 0 Å². The van der Waals surface area contributed by atoms with Crippen LogP contribution < -0.4 is 20.6 Å². The summed E-state index contributed by atoms with van der Waals surface area (Å²) in [5, 5.41) is 6.25. The van der Waals surface area contributed by atoms with Crippen LogP contribution in [0.5, 0.6) is 0 Å². The molecule has 7 heteroatoms. The Bertz CT molecular complexity index is 1520. The zero-order valence-electron chi connectivity index (χ0n) is 32.3. The molecule has 1 atom stereocenters. The quantitative estimate of drug-likeness (QED) is 0.151. The molecule has 0 spiro atoms. The van der Waals surface area contributed by atoms with Crippen LogP contribution in [-0.2, 0) is 14.0 Å². The molecule has 1 aliphatic carbocycles. The number of aryl methyl sites for hydroxylation is 1. The van der Waals surface area contributed by atoms with E-state index in [1.165, 1.54) is 53.9 Å². The molecule has 51 heavy (non-hydrogen) atoms. The van der Waals surface area contributed by atoms with E-state index < -0.39 is 13.7 Å². The predicted octanol–water partition coefficient (Wildman–Crippen LogP) is 8.32. The lowest BCUT2D eigenvalue weighted by molar-refractivity contribution is -0.159. The molecule has 2 heterocycles. The molecule has 6 nitrogen and oxygen atoms in total. The molecule has 2 aliphatic heterocycles. The van der Waals surface area contributed by atoms with Crippen molar-refractivity contribution in [1.29, 1.82) is 0 Å². The van der Waals surface area contributed by atoms with Gasteiger partial charge in [0.15, 0.2) is 0 Å². The summed E-state index contributed by atoms with van der Waals surface area (Å²) in [4.78, 5) is 19.0. The van der Waals surface area contributed by atoms with Gasteiger partial charge in [-0.25, -0.2) is 0 Å². The van der Waals surface area contributed by atoms with E-state index in [-0.39, 0.29) is 17.1 Å². The number of carbonyl (C=O) groups excluding carboxylic acids is 1. The first-order chi connectivity index (χ1) is 24.6. The van der Waals surface area contributed by atoms with Gasteiger partial charge in [0.25, 0.3) is 8.32 Å². The Balaban J connectivity index is 1.10. The van der Waals surface area contributed by atoms with E-state index in [0.717, 1.165) is 69.5 Å². The SMILES string of the molecule is CCOC(=O)C1(CCNc2ccc(N3CCC(N4CCC[C@@H]4C)CC3)cc2C)CCC(O[Si](c2ccccc2)(c2ccccc2)C(C)(C)C)CC1. The monoisotopic (exact) mass is 709 g/mol. The number of nitrogens with one attached hydrogen (secondary N) is 1. The molecule has 0 unspecified atom stereocenters. The first-order valence-electron chi connectivity index (χ1n) is 19.9. The van der Waals surface area contributed by atoms with Crippen LogP contribution in [0.15, 0.2) is 78.9 Å². The van der Waals surface area contributed by atoms with Crippen molar-refractivity contribution in [3.8, 4) is 0 Å². The zero-order chi connectivity index (χ0) is 36.1. The number of anilines is 2. The molecule has 0 amide bonds. The second kappa shape index (κ2) is 16.3. The van der Waals surface area contributed by atoms with E-state index in [4.69, 9.17) is 9.16 Å². The van der Waals surface area contributed by atoms with Crippen molar-refractivity contribution in [2.45, 2.75) is 123 Å². The highest BCUT2D eigenvalue weighted by Crippen LogP contribution is 2.45. The van der Waals surface area contributed by atoms with E-state index in [2.05, 4.69) is 129 Å². The Morgan fingerprint density at radius 3 is 2.04 bits per heavy atom. The topological polar surface area (TPSA) is 54.0 Å². The number of likely N-dealkylation sites (tertiary alicyclic amines) is 1. The van der Waals surface area contributed by atoms with Crippen LogP contribution in [0, 0.1) is 12.3 Å². The van der Waals surface area contributed by atoms with Gasteiger partial charge in [0.1, 0.15) is 0 Å². The standard InChI is InChI=1S/C44H63N3O3Si/c1-7-49-42(48)44(28-29-45-41-21-20-37(33-34(41)2)46-31-24-36(25-32-46)47-30-14-15-35(47)3)26-22-38(23-27-44)50-51(43(4,5)6,39-16-10-8-11-17-39)40-18-12-9-13-19-40/h8-13,16-21,33,35-36,38,45H,7,14-15,22-32H2,1-6H3/t35-,38?,44?/m0/s1. The van der Waals surface area contributed by atoms with Crippen molar-refractivity contribution >= 4 is 36.0 Å². The van der Waals surface area contributed by atoms with E-state index in [9.17, 15) is 4.79 Å². The van der Waals surface area contributed by atoms with Crippen LogP contribution in [0.25, 0.3) is 0 Å². The van der Waals surface area contributed by atoms with Crippen LogP contribution >= 0.6 is 0 Å². The minimum Gasteiger partial charge on any atom is -0.466 e. The summed E-state index contributed by atoms with van der Waals surface area (Å²) in [6.45, 7) is 18.2. The summed E-state index contributed by atoms with van der Waals surface area (Å²) in [5.74, 6) is -0.0468. The van der Waals surface area contributed by atoms with Gasteiger partial charge >= 0.3 is 5.97 Å². The molecule has 3 aliphatic rings. The molecule has 2 saturated heterocycles. The summed E-state index contributed by atoms with van der Waals surface area (Å²) in [7, 11) is -2.67. The second-order valence-electron chi connectivity index (χ2n) is 16.6. The van der Waals surface area contributed by atoms with Crippen LogP contribution in [0.1, 0.15) is 98.0 Å². The Hall–Kier alpha value is -3.13. The van der Waals surface area contributed by atoms with Gasteiger partial charge < -0.3 is 19.4 Å². The number of ether oxygens (including phenoxy) is 1. The number of hydrogen-bond acceptors (Lipinski definition) is 6. The fraction of sp³-hybridized carbons (Fsp3) is 0.568. The van der Waals surface area contributed by atoms with Crippen molar-refractivity contribution in [2.24, 2.45) is 5.41 Å². The average Bonchev–Trinajstić information content (AvgIpc) is 3.58. The Morgan fingerprint density at radius 1 is 0.882 bits per heavy atom. The van der Waals surface area contributed by atoms with Crippen LogP contribution in [-0.4, -0.2) is 70.2 Å². The molecule has 3 aromatic rings. The maximum atomic E-state index is 13.7. The fourth-order valence-corrected chi connectivity index (χ4v) is 14.2. The lowest BCUT2D eigenvalue weighted by Gasteiger charge is -2.47. The zero-order valence-corrected chi connectivity index (χ0v) is 33.3. The lowest BCUT2D eigenvalue weighted by atomic mass is 9.71. The molecule has 6 rings (SSSR count). The molecule has 3 aromatic carbocycles. The number of benzene rings is 3. The maximum Gasteiger partial charge on any atom is 0.312 e. The minimum atomic E-state index is -2.67. The Morgan fingerprint density at radius 2 is 1.51 bits per heavy atom. The molecule has 3 fully saturated rings. The maximum absolute atomic E-state index is 13.7. The average molecular weight is 710 g/mol. The van der Waals surface area contributed by atoms with Crippen molar-refractivity contribution < 1.29 is 14.0 Å². The molecule has 0 aromatic heterocycles. The highest BCUT2D eigenvalue weighted by molar-refractivity contribution is 6.99. The minimum absolute atomic E-state index is 0.0468. The molecule has 1 saturated carbocycles. The highest BCUT2D eigenvalue weighted by atomic mass is 28.4. The first kappa shape index (κ1) is 37.6. The molecule has 0 radical (unpaired) electrons. The molecule has 276 valence electrons. The Labute approximate surface area is 309 Å². The van der Waals surface area contributed by atoms with Crippen LogP contribution in [0.2, 0.25) is 5.04 Å². The number of hydrogen-bond donors (Lipinski definition) is 1. The van der Waals surface area contributed by atoms with Gasteiger partial charge in [-0.05, 0) is 124 Å². The predicted molar refractivity (Wildman–Crippen MR) is 215 cm³/mol. The number of carbonyl (C=O) groups is 1.